The lowest BCUT2D eigenvalue weighted by Gasteiger charge is -2.32. The van der Waals surface area contributed by atoms with Crippen molar-refractivity contribution in [3.8, 4) is 0 Å². The van der Waals surface area contributed by atoms with E-state index in [1.807, 2.05) is 25.4 Å². The Morgan fingerprint density at radius 1 is 1.40 bits per heavy atom. The third-order valence-corrected chi connectivity index (χ3v) is 4.38. The maximum Gasteiger partial charge on any atom is 0.136 e. The van der Waals surface area contributed by atoms with E-state index < -0.39 is 0 Å². The number of halogens is 1. The lowest BCUT2D eigenvalue weighted by atomic mass is 9.99. The molecule has 20 heavy (non-hydrogen) atoms. The molecule has 0 saturated carbocycles. The first kappa shape index (κ1) is 13.5. The Labute approximate surface area is 124 Å². The second-order valence-electron chi connectivity index (χ2n) is 5.60. The molecule has 1 unspecified atom stereocenters. The van der Waals surface area contributed by atoms with Gasteiger partial charge in [-0.15, -0.1) is 0 Å². The van der Waals surface area contributed by atoms with Crippen LogP contribution in [0.25, 0.3) is 10.8 Å². The molecule has 2 aromatic rings. The number of benzene rings is 1. The summed E-state index contributed by atoms with van der Waals surface area (Å²) in [5, 5.41) is 6.17. The van der Waals surface area contributed by atoms with Gasteiger partial charge in [-0.1, -0.05) is 30.7 Å². The van der Waals surface area contributed by atoms with Gasteiger partial charge in [-0.3, -0.25) is 0 Å². The van der Waals surface area contributed by atoms with Crippen molar-refractivity contribution in [2.45, 2.75) is 19.8 Å². The fourth-order valence-electron chi connectivity index (χ4n) is 3.07. The zero-order valence-electron chi connectivity index (χ0n) is 12.0. The van der Waals surface area contributed by atoms with Gasteiger partial charge < -0.3 is 10.2 Å². The summed E-state index contributed by atoms with van der Waals surface area (Å²) in [6.45, 7) is 4.47. The first-order valence-electron chi connectivity index (χ1n) is 7.20. The molecule has 106 valence electrons. The summed E-state index contributed by atoms with van der Waals surface area (Å²) < 4.78 is 0. The number of rotatable bonds is 2. The van der Waals surface area contributed by atoms with Crippen molar-refractivity contribution < 1.29 is 0 Å². The summed E-state index contributed by atoms with van der Waals surface area (Å²) in [7, 11) is 1.91. The molecule has 1 aromatic heterocycles. The Bertz CT molecular complexity index is 626. The van der Waals surface area contributed by atoms with Crippen LogP contribution < -0.4 is 10.2 Å². The SMILES string of the molecule is CNc1cnc(N2CCCC(C)C2)c2cccc(Cl)c12. The highest BCUT2D eigenvalue weighted by Crippen LogP contribution is 2.36. The highest BCUT2D eigenvalue weighted by molar-refractivity contribution is 6.37. The Hall–Kier alpha value is -1.48. The molecule has 0 amide bonds. The van der Waals surface area contributed by atoms with Crippen LogP contribution in [0, 0.1) is 5.92 Å². The third-order valence-electron chi connectivity index (χ3n) is 4.07. The van der Waals surface area contributed by atoms with Crippen molar-refractivity contribution in [2.75, 3.05) is 30.4 Å². The van der Waals surface area contributed by atoms with Gasteiger partial charge in [0, 0.05) is 30.9 Å². The highest BCUT2D eigenvalue weighted by atomic mass is 35.5. The number of pyridine rings is 1. The molecular formula is C16H20ClN3. The Kier molecular flexibility index (Phi) is 3.70. The van der Waals surface area contributed by atoms with Gasteiger partial charge in [-0.2, -0.15) is 0 Å². The lowest BCUT2D eigenvalue weighted by molar-refractivity contribution is 0.445. The summed E-state index contributed by atoms with van der Waals surface area (Å²) in [6, 6.07) is 6.06. The largest absolute Gasteiger partial charge is 0.386 e. The van der Waals surface area contributed by atoms with E-state index in [4.69, 9.17) is 11.6 Å². The van der Waals surface area contributed by atoms with E-state index in [0.717, 1.165) is 46.3 Å². The van der Waals surface area contributed by atoms with Gasteiger partial charge in [-0.05, 0) is 24.8 Å². The maximum atomic E-state index is 6.39. The zero-order chi connectivity index (χ0) is 14.1. The van der Waals surface area contributed by atoms with Crippen LogP contribution in [0.5, 0.6) is 0 Å². The zero-order valence-corrected chi connectivity index (χ0v) is 12.7. The number of aromatic nitrogens is 1. The number of nitrogens with zero attached hydrogens (tertiary/aromatic N) is 2. The van der Waals surface area contributed by atoms with Crippen LogP contribution in [0.1, 0.15) is 19.8 Å². The fourth-order valence-corrected chi connectivity index (χ4v) is 3.34. The molecule has 2 heterocycles. The van der Waals surface area contributed by atoms with Crippen LogP contribution >= 0.6 is 11.6 Å². The first-order chi connectivity index (χ1) is 9.70. The Morgan fingerprint density at radius 2 is 2.25 bits per heavy atom. The molecule has 0 bridgehead atoms. The van der Waals surface area contributed by atoms with Crippen LogP contribution in [-0.2, 0) is 0 Å². The molecule has 0 aliphatic carbocycles. The summed E-state index contributed by atoms with van der Waals surface area (Å²) in [5.41, 5.74) is 0.986. The molecule has 1 atom stereocenters. The van der Waals surface area contributed by atoms with Gasteiger partial charge in [-0.25, -0.2) is 4.98 Å². The molecule has 4 heteroatoms. The number of hydrogen-bond donors (Lipinski definition) is 1. The molecule has 1 aromatic carbocycles. The molecule has 1 aliphatic heterocycles. The maximum absolute atomic E-state index is 6.39. The molecule has 1 fully saturated rings. The van der Waals surface area contributed by atoms with Crippen LogP contribution in [0.2, 0.25) is 5.02 Å². The minimum absolute atomic E-state index is 0.726. The van der Waals surface area contributed by atoms with Crippen LogP contribution in [0.4, 0.5) is 11.5 Å². The minimum Gasteiger partial charge on any atom is -0.386 e. The molecule has 1 aliphatic rings. The van der Waals surface area contributed by atoms with Crippen molar-refractivity contribution in [1.29, 1.82) is 0 Å². The van der Waals surface area contributed by atoms with Crippen molar-refractivity contribution in [2.24, 2.45) is 5.92 Å². The average Bonchev–Trinajstić information content (AvgIpc) is 2.46. The number of anilines is 2. The summed E-state index contributed by atoms with van der Waals surface area (Å²) in [4.78, 5) is 7.08. The molecule has 3 rings (SSSR count). The van der Waals surface area contributed by atoms with Gasteiger partial charge in [0.05, 0.1) is 16.9 Å². The molecule has 1 N–H and O–H groups in total. The molecular weight excluding hydrogens is 270 g/mol. The Morgan fingerprint density at radius 3 is 3.00 bits per heavy atom. The predicted molar refractivity (Wildman–Crippen MR) is 86.9 cm³/mol. The molecule has 0 radical (unpaired) electrons. The molecule has 0 spiro atoms. The van der Waals surface area contributed by atoms with Gasteiger partial charge in [0.15, 0.2) is 0 Å². The van der Waals surface area contributed by atoms with Crippen molar-refractivity contribution >= 4 is 33.9 Å². The topological polar surface area (TPSA) is 28.2 Å². The normalized spacial score (nSPS) is 19.4. The Balaban J connectivity index is 2.14. The van der Waals surface area contributed by atoms with E-state index in [9.17, 15) is 0 Å². The standard InChI is InChI=1S/C16H20ClN3/c1-11-5-4-8-20(10-11)16-12-6-3-7-13(17)15(12)14(18-2)9-19-16/h3,6-7,9,11,18H,4-5,8,10H2,1-2H3. The molecule has 1 saturated heterocycles. The van der Waals surface area contributed by atoms with Crippen LogP contribution in [0.15, 0.2) is 24.4 Å². The summed E-state index contributed by atoms with van der Waals surface area (Å²) >= 11 is 6.39. The van der Waals surface area contributed by atoms with Crippen LogP contribution in [0.3, 0.4) is 0 Å². The van der Waals surface area contributed by atoms with E-state index in [1.54, 1.807) is 0 Å². The minimum atomic E-state index is 0.726. The smallest absolute Gasteiger partial charge is 0.136 e. The summed E-state index contributed by atoms with van der Waals surface area (Å²) in [5.74, 6) is 1.79. The predicted octanol–water partition coefficient (Wildman–Crippen LogP) is 4.17. The second kappa shape index (κ2) is 5.49. The fraction of sp³-hybridized carbons (Fsp3) is 0.438. The molecule has 3 nitrogen and oxygen atoms in total. The van der Waals surface area contributed by atoms with Crippen molar-refractivity contribution in [1.82, 2.24) is 4.98 Å². The van der Waals surface area contributed by atoms with E-state index in [1.165, 1.54) is 12.8 Å². The second-order valence-corrected chi connectivity index (χ2v) is 6.01. The van der Waals surface area contributed by atoms with E-state index >= 15 is 0 Å². The van der Waals surface area contributed by atoms with Gasteiger partial charge in [0.1, 0.15) is 5.82 Å². The number of fused-ring (bicyclic) bond motifs is 1. The number of hydrogen-bond acceptors (Lipinski definition) is 3. The van der Waals surface area contributed by atoms with E-state index in [0.29, 0.717) is 0 Å². The third kappa shape index (κ3) is 2.31. The number of nitrogens with one attached hydrogen (secondary N) is 1. The number of piperidine rings is 1. The van der Waals surface area contributed by atoms with Gasteiger partial charge in [0.2, 0.25) is 0 Å². The summed E-state index contributed by atoms with van der Waals surface area (Å²) in [6.07, 6.45) is 4.44. The van der Waals surface area contributed by atoms with Gasteiger partial charge in [0.25, 0.3) is 0 Å². The van der Waals surface area contributed by atoms with Crippen LogP contribution in [-0.4, -0.2) is 25.1 Å². The van der Waals surface area contributed by atoms with Crippen molar-refractivity contribution in [3.05, 3.63) is 29.4 Å². The van der Waals surface area contributed by atoms with Crippen molar-refractivity contribution in [3.63, 3.8) is 0 Å². The van der Waals surface area contributed by atoms with E-state index in [-0.39, 0.29) is 0 Å². The first-order valence-corrected chi connectivity index (χ1v) is 7.58. The highest BCUT2D eigenvalue weighted by Gasteiger charge is 2.20. The lowest BCUT2D eigenvalue weighted by Crippen LogP contribution is -2.34. The van der Waals surface area contributed by atoms with Gasteiger partial charge >= 0.3 is 0 Å². The van der Waals surface area contributed by atoms with E-state index in [2.05, 4.69) is 28.2 Å². The quantitative estimate of drug-likeness (QED) is 0.899. The average molecular weight is 290 g/mol. The monoisotopic (exact) mass is 289 g/mol.